The van der Waals surface area contributed by atoms with Gasteiger partial charge in [0.1, 0.15) is 0 Å². The van der Waals surface area contributed by atoms with Gasteiger partial charge < -0.3 is 11.1 Å². The van der Waals surface area contributed by atoms with Gasteiger partial charge in [-0.1, -0.05) is 60.7 Å². The van der Waals surface area contributed by atoms with Gasteiger partial charge >= 0.3 is 0 Å². The molecule has 142 valence electrons. The molecule has 4 nitrogen and oxygen atoms in total. The molecule has 0 amide bonds. The van der Waals surface area contributed by atoms with Crippen LogP contribution in [-0.2, 0) is 13.1 Å². The monoisotopic (exact) mass is 466 g/mol. The minimum Gasteiger partial charge on any atom is -0.370 e. The van der Waals surface area contributed by atoms with Crippen LogP contribution in [0.15, 0.2) is 65.7 Å². The van der Waals surface area contributed by atoms with Gasteiger partial charge in [-0.05, 0) is 31.4 Å². The maximum atomic E-state index is 5.86. The molecule has 0 saturated carbocycles. The van der Waals surface area contributed by atoms with Crippen molar-refractivity contribution < 1.29 is 0 Å². The molecule has 0 atom stereocenters. The van der Waals surface area contributed by atoms with E-state index in [-0.39, 0.29) is 24.0 Å². The summed E-state index contributed by atoms with van der Waals surface area (Å²) in [5, 5.41) is 3.12. The van der Waals surface area contributed by atoms with E-state index < -0.39 is 0 Å². The van der Waals surface area contributed by atoms with Gasteiger partial charge in [0.25, 0.3) is 0 Å². The fourth-order valence-electron chi connectivity index (χ4n) is 2.73. The Labute approximate surface area is 174 Å². The first-order chi connectivity index (χ1) is 12.1. The van der Waals surface area contributed by atoms with Crippen LogP contribution in [0.25, 0.3) is 0 Å². The van der Waals surface area contributed by atoms with Gasteiger partial charge in [-0.2, -0.15) is 0 Å². The van der Waals surface area contributed by atoms with Crippen LogP contribution >= 0.6 is 24.0 Å². The molecule has 0 aliphatic heterocycles. The van der Waals surface area contributed by atoms with Crippen molar-refractivity contribution >= 4 is 29.9 Å². The highest BCUT2D eigenvalue weighted by atomic mass is 127. The summed E-state index contributed by atoms with van der Waals surface area (Å²) in [6, 6.07) is 21.5. The lowest BCUT2D eigenvalue weighted by Crippen LogP contribution is -2.37. The molecular weight excluding hydrogens is 435 g/mol. The molecule has 0 fully saturated rings. The largest absolute Gasteiger partial charge is 0.370 e. The van der Waals surface area contributed by atoms with Crippen LogP contribution in [0.1, 0.15) is 31.4 Å². The normalized spacial score (nSPS) is 11.5. The number of nitrogens with two attached hydrogens (primary N) is 1. The number of rotatable bonds is 9. The second kappa shape index (κ2) is 12.7. The molecule has 26 heavy (non-hydrogen) atoms. The van der Waals surface area contributed by atoms with Gasteiger partial charge in [0.05, 0.1) is 0 Å². The van der Waals surface area contributed by atoms with Crippen LogP contribution in [0, 0.1) is 0 Å². The lowest BCUT2D eigenvalue weighted by atomic mass is 10.1. The van der Waals surface area contributed by atoms with Crippen LogP contribution in [-0.4, -0.2) is 30.0 Å². The van der Waals surface area contributed by atoms with E-state index in [4.69, 9.17) is 5.73 Å². The summed E-state index contributed by atoms with van der Waals surface area (Å²) in [5.41, 5.74) is 8.54. The Morgan fingerprint density at radius 2 is 1.46 bits per heavy atom. The molecule has 2 aromatic carbocycles. The first kappa shape index (κ1) is 22.4. The number of benzene rings is 2. The average molecular weight is 466 g/mol. The van der Waals surface area contributed by atoms with Crippen molar-refractivity contribution in [1.82, 2.24) is 10.2 Å². The number of halogens is 1. The molecule has 3 N–H and O–H groups in total. The smallest absolute Gasteiger partial charge is 0.188 e. The van der Waals surface area contributed by atoms with E-state index in [9.17, 15) is 0 Å². The number of aliphatic imine (C=N–C) groups is 1. The summed E-state index contributed by atoms with van der Waals surface area (Å²) in [5.74, 6) is 0.535. The maximum absolute atomic E-state index is 5.86. The van der Waals surface area contributed by atoms with E-state index in [1.54, 1.807) is 0 Å². The minimum absolute atomic E-state index is 0. The van der Waals surface area contributed by atoms with Crippen molar-refractivity contribution in [3.05, 3.63) is 71.8 Å². The van der Waals surface area contributed by atoms with Gasteiger partial charge in [-0.3, -0.25) is 9.89 Å². The van der Waals surface area contributed by atoms with Gasteiger partial charge in [-0.15, -0.1) is 24.0 Å². The molecule has 0 saturated heterocycles. The van der Waals surface area contributed by atoms with Crippen LogP contribution in [0.5, 0.6) is 0 Å². The van der Waals surface area contributed by atoms with Crippen molar-refractivity contribution in [2.75, 3.05) is 13.1 Å². The summed E-state index contributed by atoms with van der Waals surface area (Å²) in [4.78, 5) is 6.87. The fraction of sp³-hybridized carbons (Fsp3) is 0.381. The molecule has 5 heteroatoms. The molecule has 0 bridgehead atoms. The van der Waals surface area contributed by atoms with Crippen molar-refractivity contribution in [2.24, 2.45) is 10.7 Å². The Morgan fingerprint density at radius 3 is 1.92 bits per heavy atom. The van der Waals surface area contributed by atoms with E-state index >= 15 is 0 Å². The number of nitrogens with one attached hydrogen (secondary N) is 1. The zero-order valence-electron chi connectivity index (χ0n) is 15.8. The Bertz CT molecular complexity index is 587. The molecule has 0 radical (unpaired) electrons. The molecule has 2 rings (SSSR count). The van der Waals surface area contributed by atoms with Crippen LogP contribution < -0.4 is 11.1 Å². The molecule has 0 aromatic heterocycles. The quantitative estimate of drug-likeness (QED) is 0.254. The molecule has 0 heterocycles. The Kier molecular flexibility index (Phi) is 11.0. The number of nitrogens with zero attached hydrogens (tertiary/aromatic N) is 2. The van der Waals surface area contributed by atoms with E-state index in [1.807, 2.05) is 0 Å². The van der Waals surface area contributed by atoms with E-state index in [2.05, 4.69) is 89.7 Å². The van der Waals surface area contributed by atoms with Crippen LogP contribution in [0.3, 0.4) is 0 Å². The lowest BCUT2D eigenvalue weighted by Gasteiger charge is -2.22. The lowest BCUT2D eigenvalue weighted by molar-refractivity contribution is 0.255. The highest BCUT2D eigenvalue weighted by Crippen LogP contribution is 2.10. The third-order valence-electron chi connectivity index (χ3n) is 3.85. The van der Waals surface area contributed by atoms with Crippen molar-refractivity contribution in [3.8, 4) is 0 Å². The second-order valence-corrected chi connectivity index (χ2v) is 6.60. The molecular formula is C21H31IN4. The predicted molar refractivity (Wildman–Crippen MR) is 122 cm³/mol. The van der Waals surface area contributed by atoms with Gasteiger partial charge in [0.2, 0.25) is 0 Å². The van der Waals surface area contributed by atoms with Gasteiger partial charge in [0.15, 0.2) is 5.96 Å². The summed E-state index contributed by atoms with van der Waals surface area (Å²) < 4.78 is 0. The molecule has 0 spiro atoms. The van der Waals surface area contributed by atoms with Gasteiger partial charge in [-0.25, -0.2) is 0 Å². The number of hydrogen-bond acceptors (Lipinski definition) is 2. The summed E-state index contributed by atoms with van der Waals surface area (Å²) in [6.07, 6.45) is 0.986. The SMILES string of the molecule is CC(C)NC(N)=NCCCN(Cc1ccccc1)Cc1ccccc1.I. The first-order valence-corrected chi connectivity index (χ1v) is 9.00. The Morgan fingerprint density at radius 1 is 0.962 bits per heavy atom. The zero-order chi connectivity index (χ0) is 17.9. The third kappa shape index (κ3) is 9.20. The maximum Gasteiger partial charge on any atom is 0.188 e. The second-order valence-electron chi connectivity index (χ2n) is 6.60. The fourth-order valence-corrected chi connectivity index (χ4v) is 2.73. The van der Waals surface area contributed by atoms with E-state index in [1.165, 1.54) is 11.1 Å². The minimum atomic E-state index is 0. The number of hydrogen-bond donors (Lipinski definition) is 2. The summed E-state index contributed by atoms with van der Waals surface area (Å²) in [6.45, 7) is 7.74. The van der Waals surface area contributed by atoms with E-state index in [0.717, 1.165) is 32.6 Å². The predicted octanol–water partition coefficient (Wildman–Crippen LogP) is 4.01. The highest BCUT2D eigenvalue weighted by molar-refractivity contribution is 14.0. The topological polar surface area (TPSA) is 53.6 Å². The third-order valence-corrected chi connectivity index (χ3v) is 3.85. The Hall–Kier alpha value is -1.60. The van der Waals surface area contributed by atoms with Crippen LogP contribution in [0.2, 0.25) is 0 Å². The number of guanidine groups is 1. The molecule has 2 aromatic rings. The van der Waals surface area contributed by atoms with E-state index in [0.29, 0.717) is 12.0 Å². The standard InChI is InChI=1S/C21H30N4.HI/c1-18(2)24-21(22)23-14-9-15-25(16-19-10-5-3-6-11-19)17-20-12-7-4-8-13-20;/h3-8,10-13,18H,9,14-17H2,1-2H3,(H3,22,23,24);1H. The highest BCUT2D eigenvalue weighted by Gasteiger charge is 2.07. The van der Waals surface area contributed by atoms with Crippen LogP contribution in [0.4, 0.5) is 0 Å². The van der Waals surface area contributed by atoms with Gasteiger partial charge in [0, 0.05) is 32.2 Å². The first-order valence-electron chi connectivity index (χ1n) is 9.00. The Balaban J connectivity index is 0.00000338. The van der Waals surface area contributed by atoms with Crippen molar-refractivity contribution in [1.29, 1.82) is 0 Å². The molecule has 0 unspecified atom stereocenters. The molecule has 0 aliphatic carbocycles. The van der Waals surface area contributed by atoms with Crippen molar-refractivity contribution in [2.45, 2.75) is 39.4 Å². The average Bonchev–Trinajstić information content (AvgIpc) is 2.60. The zero-order valence-corrected chi connectivity index (χ0v) is 18.1. The molecule has 0 aliphatic rings. The summed E-state index contributed by atoms with van der Waals surface area (Å²) >= 11 is 0. The van der Waals surface area contributed by atoms with Crippen molar-refractivity contribution in [3.63, 3.8) is 0 Å². The summed E-state index contributed by atoms with van der Waals surface area (Å²) in [7, 11) is 0.